The molecule has 1 aromatic carbocycles. The van der Waals surface area contributed by atoms with Crippen molar-refractivity contribution in [3.05, 3.63) is 29.3 Å². The van der Waals surface area contributed by atoms with Crippen molar-refractivity contribution in [3.63, 3.8) is 0 Å². The molecular weight excluding hydrogens is 266 g/mol. The van der Waals surface area contributed by atoms with Crippen LogP contribution >= 0.6 is 23.4 Å². The van der Waals surface area contributed by atoms with Gasteiger partial charge in [-0.25, -0.2) is 0 Å². The van der Waals surface area contributed by atoms with E-state index in [9.17, 15) is 4.79 Å². The summed E-state index contributed by atoms with van der Waals surface area (Å²) in [6.07, 6.45) is 2.48. The fourth-order valence-corrected chi connectivity index (χ4v) is 2.38. The van der Waals surface area contributed by atoms with Crippen LogP contribution in [0, 0.1) is 0 Å². The summed E-state index contributed by atoms with van der Waals surface area (Å²) < 4.78 is 0. The van der Waals surface area contributed by atoms with Gasteiger partial charge in [-0.15, -0.1) is 11.8 Å². The minimum Gasteiger partial charge on any atom is -0.354 e. The van der Waals surface area contributed by atoms with Crippen molar-refractivity contribution in [1.29, 1.82) is 0 Å². The van der Waals surface area contributed by atoms with Gasteiger partial charge in [0.2, 0.25) is 5.91 Å². The van der Waals surface area contributed by atoms with E-state index in [2.05, 4.69) is 12.2 Å². The monoisotopic (exact) mass is 285 g/mol. The van der Waals surface area contributed by atoms with Gasteiger partial charge >= 0.3 is 0 Å². The van der Waals surface area contributed by atoms with E-state index < -0.39 is 0 Å². The van der Waals surface area contributed by atoms with Gasteiger partial charge in [-0.3, -0.25) is 4.79 Å². The van der Waals surface area contributed by atoms with E-state index in [1.807, 2.05) is 31.2 Å². The first-order valence-corrected chi connectivity index (χ1v) is 7.66. The van der Waals surface area contributed by atoms with Gasteiger partial charge in [0.05, 0.1) is 0 Å². The Hall–Kier alpha value is -0.670. The summed E-state index contributed by atoms with van der Waals surface area (Å²) in [6.45, 7) is 4.10. The van der Waals surface area contributed by atoms with Gasteiger partial charge in [-0.1, -0.05) is 18.5 Å². The van der Waals surface area contributed by atoms with Crippen LogP contribution in [-0.2, 0) is 4.79 Å². The molecule has 0 aliphatic heterocycles. The number of carbonyl (C=O) groups excluding carboxylic acids is 1. The molecule has 0 bridgehead atoms. The first kappa shape index (κ1) is 15.4. The van der Waals surface area contributed by atoms with Gasteiger partial charge in [0.15, 0.2) is 0 Å². The normalized spacial score (nSPS) is 12.2. The van der Waals surface area contributed by atoms with Crippen molar-refractivity contribution in [2.24, 2.45) is 0 Å². The highest BCUT2D eigenvalue weighted by Gasteiger charge is 2.04. The predicted molar refractivity (Wildman–Crippen MR) is 79.3 cm³/mol. The van der Waals surface area contributed by atoms with E-state index in [-0.39, 0.29) is 11.9 Å². The topological polar surface area (TPSA) is 29.1 Å². The number of halogens is 1. The molecule has 2 nitrogen and oxygen atoms in total. The third-order valence-corrected chi connectivity index (χ3v) is 4.00. The Morgan fingerprint density at radius 3 is 2.67 bits per heavy atom. The molecule has 1 N–H and O–H groups in total. The summed E-state index contributed by atoms with van der Waals surface area (Å²) >= 11 is 7.57. The number of hydrogen-bond donors (Lipinski definition) is 1. The molecule has 18 heavy (non-hydrogen) atoms. The van der Waals surface area contributed by atoms with Gasteiger partial charge in [0.1, 0.15) is 0 Å². The summed E-state index contributed by atoms with van der Waals surface area (Å²) in [5.74, 6) is 1.11. The Balaban J connectivity index is 2.15. The Labute approximate surface area is 118 Å². The first-order valence-electron chi connectivity index (χ1n) is 6.29. The molecule has 1 aromatic rings. The smallest absolute Gasteiger partial charge is 0.220 e. The maximum atomic E-state index is 11.5. The predicted octanol–water partition coefficient (Wildman–Crippen LogP) is 4.13. The van der Waals surface area contributed by atoms with Gasteiger partial charge < -0.3 is 5.32 Å². The van der Waals surface area contributed by atoms with Crippen LogP contribution in [0.1, 0.15) is 33.1 Å². The molecule has 1 amide bonds. The fourth-order valence-electron chi connectivity index (χ4n) is 1.40. The molecule has 1 atom stereocenters. The van der Waals surface area contributed by atoms with Crippen LogP contribution in [0.15, 0.2) is 29.2 Å². The second-order valence-electron chi connectivity index (χ2n) is 4.28. The summed E-state index contributed by atoms with van der Waals surface area (Å²) in [5.41, 5.74) is 0. The summed E-state index contributed by atoms with van der Waals surface area (Å²) in [5, 5.41) is 3.73. The Kier molecular flexibility index (Phi) is 7.21. The summed E-state index contributed by atoms with van der Waals surface area (Å²) in [4.78, 5) is 12.7. The van der Waals surface area contributed by atoms with Crippen LogP contribution in [-0.4, -0.2) is 17.7 Å². The summed E-state index contributed by atoms with van der Waals surface area (Å²) in [7, 11) is 0. The van der Waals surface area contributed by atoms with Crippen LogP contribution in [0.25, 0.3) is 0 Å². The van der Waals surface area contributed by atoms with Crippen molar-refractivity contribution < 1.29 is 4.79 Å². The van der Waals surface area contributed by atoms with E-state index in [1.165, 1.54) is 4.90 Å². The number of amides is 1. The van der Waals surface area contributed by atoms with E-state index >= 15 is 0 Å². The lowest BCUT2D eigenvalue weighted by Gasteiger charge is -2.10. The second kappa shape index (κ2) is 8.44. The zero-order chi connectivity index (χ0) is 13.4. The number of rotatable bonds is 7. The molecule has 100 valence electrons. The molecule has 4 heteroatoms. The standard InChI is InChI=1S/C14H20ClNOS/c1-3-11(2)16-14(17)5-4-10-18-13-8-6-12(15)7-9-13/h6-9,11H,3-5,10H2,1-2H3,(H,16,17)/t11-/m0/s1. The third-order valence-electron chi connectivity index (χ3n) is 2.65. The largest absolute Gasteiger partial charge is 0.354 e. The Morgan fingerprint density at radius 2 is 2.06 bits per heavy atom. The highest BCUT2D eigenvalue weighted by molar-refractivity contribution is 7.99. The molecule has 1 rings (SSSR count). The third kappa shape index (κ3) is 6.31. The maximum absolute atomic E-state index is 11.5. The van der Waals surface area contributed by atoms with Crippen molar-refractivity contribution >= 4 is 29.3 Å². The van der Waals surface area contributed by atoms with Crippen molar-refractivity contribution in [1.82, 2.24) is 5.32 Å². The average Bonchev–Trinajstić information content (AvgIpc) is 2.36. The van der Waals surface area contributed by atoms with E-state index in [0.29, 0.717) is 6.42 Å². The van der Waals surface area contributed by atoms with Crippen LogP contribution in [0.4, 0.5) is 0 Å². The number of hydrogen-bond acceptors (Lipinski definition) is 2. The quantitative estimate of drug-likeness (QED) is 0.603. The van der Waals surface area contributed by atoms with Gasteiger partial charge in [0, 0.05) is 22.4 Å². The highest BCUT2D eigenvalue weighted by Crippen LogP contribution is 2.21. The van der Waals surface area contributed by atoms with E-state index in [1.54, 1.807) is 11.8 Å². The minimum absolute atomic E-state index is 0.154. The molecule has 0 aliphatic rings. The van der Waals surface area contributed by atoms with E-state index in [0.717, 1.165) is 23.6 Å². The Bertz CT molecular complexity index is 367. The molecule has 0 spiro atoms. The van der Waals surface area contributed by atoms with E-state index in [4.69, 9.17) is 11.6 Å². The molecule has 0 heterocycles. The zero-order valence-electron chi connectivity index (χ0n) is 10.9. The van der Waals surface area contributed by atoms with Crippen molar-refractivity contribution in [2.75, 3.05) is 5.75 Å². The fraction of sp³-hybridized carbons (Fsp3) is 0.500. The highest BCUT2D eigenvalue weighted by atomic mass is 35.5. The lowest BCUT2D eigenvalue weighted by Crippen LogP contribution is -2.31. The molecular formula is C14H20ClNOS. The van der Waals surface area contributed by atoms with Crippen molar-refractivity contribution in [2.45, 2.75) is 44.0 Å². The molecule has 0 aromatic heterocycles. The molecule has 0 fully saturated rings. The molecule has 0 aliphatic carbocycles. The van der Waals surface area contributed by atoms with Crippen LogP contribution in [0.2, 0.25) is 5.02 Å². The zero-order valence-corrected chi connectivity index (χ0v) is 12.5. The minimum atomic E-state index is 0.154. The molecule has 0 unspecified atom stereocenters. The number of carbonyl (C=O) groups is 1. The Morgan fingerprint density at radius 1 is 1.39 bits per heavy atom. The van der Waals surface area contributed by atoms with Gasteiger partial charge in [0.25, 0.3) is 0 Å². The van der Waals surface area contributed by atoms with Crippen LogP contribution in [0.5, 0.6) is 0 Å². The lowest BCUT2D eigenvalue weighted by molar-refractivity contribution is -0.121. The number of thioether (sulfide) groups is 1. The molecule has 0 saturated carbocycles. The van der Waals surface area contributed by atoms with Crippen LogP contribution < -0.4 is 5.32 Å². The van der Waals surface area contributed by atoms with Gasteiger partial charge in [-0.2, -0.15) is 0 Å². The van der Waals surface area contributed by atoms with Crippen molar-refractivity contribution in [3.8, 4) is 0 Å². The molecule has 0 radical (unpaired) electrons. The summed E-state index contributed by atoms with van der Waals surface area (Å²) in [6, 6.07) is 8.07. The number of benzene rings is 1. The SMILES string of the molecule is CC[C@H](C)NC(=O)CCCSc1ccc(Cl)cc1. The average molecular weight is 286 g/mol. The number of nitrogens with one attached hydrogen (secondary N) is 1. The molecule has 0 saturated heterocycles. The second-order valence-corrected chi connectivity index (χ2v) is 5.89. The lowest BCUT2D eigenvalue weighted by atomic mass is 10.2. The van der Waals surface area contributed by atoms with Crippen LogP contribution in [0.3, 0.4) is 0 Å². The maximum Gasteiger partial charge on any atom is 0.220 e. The first-order chi connectivity index (χ1) is 8.61. The van der Waals surface area contributed by atoms with Gasteiger partial charge in [-0.05, 0) is 49.8 Å².